The van der Waals surface area contributed by atoms with E-state index in [0.29, 0.717) is 6.20 Å². The molecule has 1 heterocycles. The van der Waals surface area contributed by atoms with E-state index in [1.807, 2.05) is 0 Å². The number of aromatic hydroxyl groups is 1. The van der Waals surface area contributed by atoms with Crippen LogP contribution in [0.15, 0.2) is 11.1 Å². The van der Waals surface area contributed by atoms with Crippen LogP contribution in [0, 0.1) is 0 Å². The number of pyridine rings is 1. The molecule has 0 amide bonds. The topological polar surface area (TPSA) is 93.3 Å². The van der Waals surface area contributed by atoms with Crippen molar-refractivity contribution in [3.05, 3.63) is 16.9 Å². The quantitative estimate of drug-likeness (QED) is 0.775. The van der Waals surface area contributed by atoms with E-state index in [1.165, 1.54) is 0 Å². The average molecular weight is 259 g/mol. The molecule has 15 heavy (non-hydrogen) atoms. The van der Waals surface area contributed by atoms with Gasteiger partial charge >= 0.3 is 0 Å². The van der Waals surface area contributed by atoms with Gasteiger partial charge in [0.25, 0.3) is 6.43 Å². The maximum absolute atomic E-state index is 12.4. The normalized spacial score (nSPS) is 12.1. The number of aromatic nitrogens is 1. The van der Waals surface area contributed by atoms with Gasteiger partial charge in [-0.2, -0.15) is 0 Å². The summed E-state index contributed by atoms with van der Waals surface area (Å²) >= 11 is 5.32. The summed E-state index contributed by atoms with van der Waals surface area (Å²) in [6, 6.07) is 0. The number of hydrogen-bond acceptors (Lipinski definition) is 4. The smallest absolute Gasteiger partial charge is 0.268 e. The van der Waals surface area contributed by atoms with E-state index in [-0.39, 0.29) is 0 Å². The minimum absolute atomic E-state index is 0.624. The lowest BCUT2D eigenvalue weighted by atomic mass is 10.2. The Hall–Kier alpha value is -0.990. The van der Waals surface area contributed by atoms with Gasteiger partial charge in [0.05, 0.1) is 11.8 Å². The lowest BCUT2D eigenvalue weighted by Crippen LogP contribution is -2.16. The van der Waals surface area contributed by atoms with Crippen molar-refractivity contribution in [3.63, 3.8) is 0 Å². The van der Waals surface area contributed by atoms with Gasteiger partial charge in [0.1, 0.15) is 15.8 Å². The van der Waals surface area contributed by atoms with Gasteiger partial charge in [0, 0.05) is 0 Å². The number of nitrogens with two attached hydrogens (primary N) is 1. The van der Waals surface area contributed by atoms with Crippen molar-refractivity contribution < 1.29 is 22.3 Å². The summed E-state index contributed by atoms with van der Waals surface area (Å²) in [5.41, 5.74) is -1.14. The molecule has 0 saturated heterocycles. The molecule has 0 unspecified atom stereocenters. The Morgan fingerprint density at radius 2 is 2.07 bits per heavy atom. The first-order chi connectivity index (χ1) is 6.75. The second-order valence-electron chi connectivity index (χ2n) is 2.52. The summed E-state index contributed by atoms with van der Waals surface area (Å²) in [6.07, 6.45) is -2.60. The van der Waals surface area contributed by atoms with Gasteiger partial charge in [-0.15, -0.1) is 0 Å². The van der Waals surface area contributed by atoms with Crippen molar-refractivity contribution in [2.24, 2.45) is 5.14 Å². The minimum Gasteiger partial charge on any atom is -0.506 e. The fraction of sp³-hybridized carbons (Fsp3) is 0.167. The monoisotopic (exact) mass is 258 g/mol. The minimum atomic E-state index is -4.47. The molecule has 5 nitrogen and oxygen atoms in total. The first-order valence-electron chi connectivity index (χ1n) is 3.43. The van der Waals surface area contributed by atoms with E-state index < -0.39 is 37.8 Å². The number of primary sulfonamides is 1. The molecule has 1 rings (SSSR count). The van der Waals surface area contributed by atoms with Gasteiger partial charge in [0.2, 0.25) is 10.0 Å². The van der Waals surface area contributed by atoms with E-state index in [9.17, 15) is 17.2 Å². The van der Waals surface area contributed by atoms with Crippen LogP contribution < -0.4 is 5.14 Å². The van der Waals surface area contributed by atoms with Crippen molar-refractivity contribution >= 4 is 21.6 Å². The molecule has 1 aromatic heterocycles. The maximum Gasteiger partial charge on any atom is 0.268 e. The SMILES string of the molecule is NS(=O)(=O)c1c(Cl)ncc(O)c1C(F)F. The van der Waals surface area contributed by atoms with Gasteiger partial charge < -0.3 is 5.11 Å². The van der Waals surface area contributed by atoms with Crippen LogP contribution in [0.4, 0.5) is 8.78 Å². The first-order valence-corrected chi connectivity index (χ1v) is 5.36. The van der Waals surface area contributed by atoms with Crippen LogP contribution in [-0.2, 0) is 10.0 Å². The molecule has 0 aliphatic rings. The van der Waals surface area contributed by atoms with E-state index >= 15 is 0 Å². The van der Waals surface area contributed by atoms with Gasteiger partial charge in [-0.25, -0.2) is 27.3 Å². The van der Waals surface area contributed by atoms with E-state index in [2.05, 4.69) is 10.1 Å². The Morgan fingerprint density at radius 3 is 2.40 bits per heavy atom. The van der Waals surface area contributed by atoms with Gasteiger partial charge in [0.15, 0.2) is 0 Å². The zero-order valence-electron chi connectivity index (χ0n) is 6.99. The molecule has 1 aromatic rings. The van der Waals surface area contributed by atoms with Crippen LogP contribution in [-0.4, -0.2) is 18.5 Å². The average Bonchev–Trinajstić information content (AvgIpc) is 2.05. The van der Waals surface area contributed by atoms with E-state index in [4.69, 9.17) is 16.7 Å². The van der Waals surface area contributed by atoms with Crippen molar-refractivity contribution in [2.75, 3.05) is 0 Å². The highest BCUT2D eigenvalue weighted by Gasteiger charge is 2.28. The molecule has 0 saturated carbocycles. The number of hydrogen-bond donors (Lipinski definition) is 2. The van der Waals surface area contributed by atoms with Gasteiger partial charge in [-0.1, -0.05) is 11.6 Å². The lowest BCUT2D eigenvalue weighted by Gasteiger charge is -2.09. The predicted molar refractivity (Wildman–Crippen MR) is 47.2 cm³/mol. The third-order valence-corrected chi connectivity index (χ3v) is 2.89. The summed E-state index contributed by atoms with van der Waals surface area (Å²) in [5.74, 6) is -0.974. The number of sulfonamides is 1. The molecular weight excluding hydrogens is 254 g/mol. The Kier molecular flexibility index (Phi) is 3.12. The molecule has 0 aliphatic heterocycles. The van der Waals surface area contributed by atoms with Crippen LogP contribution in [0.2, 0.25) is 5.15 Å². The first kappa shape index (κ1) is 12.1. The van der Waals surface area contributed by atoms with E-state index in [0.717, 1.165) is 0 Å². The second kappa shape index (κ2) is 3.87. The molecule has 3 N–H and O–H groups in total. The number of halogens is 3. The summed E-state index contributed by atoms with van der Waals surface area (Å²) in [5, 5.41) is 13.0. The Balaban J connectivity index is 3.68. The van der Waals surface area contributed by atoms with Crippen LogP contribution >= 0.6 is 11.6 Å². The summed E-state index contributed by atoms with van der Waals surface area (Å²) in [7, 11) is -4.47. The highest BCUT2D eigenvalue weighted by atomic mass is 35.5. The third kappa shape index (κ3) is 2.33. The van der Waals surface area contributed by atoms with Crippen LogP contribution in [0.3, 0.4) is 0 Å². The maximum atomic E-state index is 12.4. The molecule has 9 heteroatoms. The Labute approximate surface area is 88.5 Å². The largest absolute Gasteiger partial charge is 0.506 e. The van der Waals surface area contributed by atoms with Crippen LogP contribution in [0.25, 0.3) is 0 Å². The van der Waals surface area contributed by atoms with Crippen molar-refractivity contribution in [2.45, 2.75) is 11.3 Å². The van der Waals surface area contributed by atoms with E-state index in [1.54, 1.807) is 0 Å². The zero-order chi connectivity index (χ0) is 11.8. The molecule has 0 aromatic carbocycles. The van der Waals surface area contributed by atoms with Crippen molar-refractivity contribution in [1.29, 1.82) is 0 Å². The fourth-order valence-corrected chi connectivity index (χ4v) is 2.22. The van der Waals surface area contributed by atoms with Crippen molar-refractivity contribution in [1.82, 2.24) is 4.98 Å². The van der Waals surface area contributed by atoms with Crippen LogP contribution in [0.1, 0.15) is 12.0 Å². The number of alkyl halides is 2. The fourth-order valence-electron chi connectivity index (χ4n) is 0.955. The number of rotatable bonds is 2. The Bertz CT molecular complexity index is 491. The highest BCUT2D eigenvalue weighted by Crippen LogP contribution is 2.36. The third-order valence-electron chi connectivity index (χ3n) is 1.51. The molecule has 0 fully saturated rings. The Morgan fingerprint density at radius 1 is 1.53 bits per heavy atom. The molecular formula is C6H5ClF2N2O3S. The summed E-state index contributed by atoms with van der Waals surface area (Å²) in [4.78, 5) is 2.15. The molecule has 84 valence electrons. The standard InChI is InChI=1S/C6H5ClF2N2O3S/c7-5-4(15(10,13)14)3(6(8)9)2(12)1-11-5/h1,6,12H,(H2,10,13,14). The highest BCUT2D eigenvalue weighted by molar-refractivity contribution is 7.89. The molecule has 0 atom stereocenters. The van der Waals surface area contributed by atoms with Gasteiger partial charge in [-0.05, 0) is 0 Å². The summed E-state index contributed by atoms with van der Waals surface area (Å²) in [6.45, 7) is 0. The molecule has 0 spiro atoms. The van der Waals surface area contributed by atoms with Gasteiger partial charge in [-0.3, -0.25) is 0 Å². The second-order valence-corrected chi connectivity index (χ2v) is 4.38. The summed E-state index contributed by atoms with van der Waals surface area (Å²) < 4.78 is 46.7. The molecule has 0 aliphatic carbocycles. The molecule has 0 radical (unpaired) electrons. The number of nitrogens with zero attached hydrogens (tertiary/aromatic N) is 1. The van der Waals surface area contributed by atoms with Crippen LogP contribution in [0.5, 0.6) is 5.75 Å². The molecule has 0 bridgehead atoms. The predicted octanol–water partition coefficient (Wildman–Crippen LogP) is 1.03. The lowest BCUT2D eigenvalue weighted by molar-refractivity contribution is 0.143. The van der Waals surface area contributed by atoms with Crippen molar-refractivity contribution in [3.8, 4) is 5.75 Å². The zero-order valence-corrected chi connectivity index (χ0v) is 8.56.